The molecule has 1 saturated heterocycles. The molecule has 5 heterocycles. The second-order valence-electron chi connectivity index (χ2n) is 7.76. The number of morpholine rings is 1. The number of halogens is 3. The molecule has 12 heteroatoms. The van der Waals surface area contributed by atoms with Crippen LogP contribution >= 0.6 is 0 Å². The Morgan fingerprint density at radius 3 is 2.11 bits per heavy atom. The van der Waals surface area contributed by atoms with Crippen molar-refractivity contribution < 1.29 is 17.9 Å². The van der Waals surface area contributed by atoms with Crippen LogP contribution in [-0.4, -0.2) is 61.2 Å². The number of hydrogen-bond donors (Lipinski definition) is 0. The van der Waals surface area contributed by atoms with E-state index in [-0.39, 0.29) is 0 Å². The number of rotatable bonds is 2. The minimum absolute atomic E-state index is 0.398. The van der Waals surface area contributed by atoms with E-state index in [4.69, 9.17) is 4.74 Å². The lowest BCUT2D eigenvalue weighted by molar-refractivity contribution is -0.141. The number of hydrogen-bond acceptors (Lipinski definition) is 9. The van der Waals surface area contributed by atoms with E-state index in [2.05, 4.69) is 34.9 Å². The average Bonchev–Trinajstić information content (AvgIpc) is 2.85. The first-order valence-corrected chi connectivity index (χ1v) is 10.9. The highest BCUT2D eigenvalue weighted by Gasteiger charge is 2.32. The molecule has 0 amide bonds. The van der Waals surface area contributed by atoms with Crippen molar-refractivity contribution in [3.63, 3.8) is 0 Å². The van der Waals surface area contributed by atoms with Crippen LogP contribution in [0.4, 0.5) is 19.1 Å². The molecular formula is C23H23F3N8O. The molecule has 0 unspecified atom stereocenters. The van der Waals surface area contributed by atoms with Gasteiger partial charge in [0.05, 0.1) is 24.6 Å². The quantitative estimate of drug-likeness (QED) is 0.421. The maximum Gasteiger partial charge on any atom is 0.433 e. The number of ether oxygens (including phenoxy) is 1. The summed E-state index contributed by atoms with van der Waals surface area (Å²) >= 11 is 0. The Morgan fingerprint density at radius 1 is 0.857 bits per heavy atom. The van der Waals surface area contributed by atoms with E-state index < -0.39 is 11.9 Å². The standard InChI is InChI=1S/C18H17F3N6O.C5H6N2/c1-10-11(2)24-16-15(23-10)14(12-3-4-13(22-9-12)18(19,20)21)25-17(26-16)27-5-7-28-8-6-27;1-5-6-3-2-4-7-5/h3-4,9H,5-8H2,1-2H3;2-4H,1H3. The predicted octanol–water partition coefficient (Wildman–Crippen LogP) is 3.74. The maximum absolute atomic E-state index is 12.9. The molecule has 1 fully saturated rings. The minimum atomic E-state index is -4.50. The summed E-state index contributed by atoms with van der Waals surface area (Å²) in [6.07, 6.45) is 0.105. The fourth-order valence-corrected chi connectivity index (χ4v) is 3.28. The van der Waals surface area contributed by atoms with Crippen molar-refractivity contribution in [3.8, 4) is 11.3 Å². The van der Waals surface area contributed by atoms with E-state index in [1.807, 2.05) is 25.7 Å². The van der Waals surface area contributed by atoms with Gasteiger partial charge < -0.3 is 9.64 Å². The van der Waals surface area contributed by atoms with Crippen LogP contribution in [0.15, 0.2) is 36.8 Å². The molecule has 1 aliphatic rings. The molecule has 0 aliphatic carbocycles. The largest absolute Gasteiger partial charge is 0.433 e. The van der Waals surface area contributed by atoms with Gasteiger partial charge in [-0.15, -0.1) is 0 Å². The highest BCUT2D eigenvalue weighted by atomic mass is 19.4. The Balaban J connectivity index is 0.000000356. The van der Waals surface area contributed by atoms with Crippen LogP contribution in [0.1, 0.15) is 22.9 Å². The average molecular weight is 484 g/mol. The molecule has 4 aromatic rings. The third-order valence-corrected chi connectivity index (χ3v) is 5.25. The normalized spacial score (nSPS) is 13.9. The number of anilines is 1. The highest BCUT2D eigenvalue weighted by Crippen LogP contribution is 2.31. The number of fused-ring (bicyclic) bond motifs is 1. The zero-order valence-corrected chi connectivity index (χ0v) is 19.4. The highest BCUT2D eigenvalue weighted by molar-refractivity contribution is 5.87. The summed E-state index contributed by atoms with van der Waals surface area (Å²) in [6, 6.07) is 4.08. The Hall–Kier alpha value is -3.80. The number of alkyl halides is 3. The number of aromatic nitrogens is 7. The second kappa shape index (κ2) is 10.2. The van der Waals surface area contributed by atoms with Crippen molar-refractivity contribution in [2.24, 2.45) is 0 Å². The molecule has 0 N–H and O–H groups in total. The van der Waals surface area contributed by atoms with Crippen LogP contribution in [0, 0.1) is 20.8 Å². The van der Waals surface area contributed by atoms with E-state index in [1.54, 1.807) is 18.5 Å². The molecule has 0 saturated carbocycles. The summed E-state index contributed by atoms with van der Waals surface area (Å²) in [4.78, 5) is 31.4. The third-order valence-electron chi connectivity index (χ3n) is 5.25. The third kappa shape index (κ3) is 5.83. The molecule has 5 rings (SSSR count). The zero-order chi connectivity index (χ0) is 25.0. The lowest BCUT2D eigenvalue weighted by Gasteiger charge is -2.27. The molecule has 1 aliphatic heterocycles. The molecule has 4 aromatic heterocycles. The topological polar surface area (TPSA) is 103 Å². The Bertz CT molecular complexity index is 1290. The first-order chi connectivity index (χ1) is 16.7. The van der Waals surface area contributed by atoms with Gasteiger partial charge in [-0.3, -0.25) is 4.98 Å². The summed E-state index contributed by atoms with van der Waals surface area (Å²) in [7, 11) is 0. The minimum Gasteiger partial charge on any atom is -0.378 e. The Morgan fingerprint density at radius 2 is 1.54 bits per heavy atom. The van der Waals surface area contributed by atoms with Gasteiger partial charge >= 0.3 is 6.18 Å². The van der Waals surface area contributed by atoms with Crippen LogP contribution in [0.2, 0.25) is 0 Å². The number of aryl methyl sites for hydroxylation is 3. The lowest BCUT2D eigenvalue weighted by atomic mass is 10.1. The van der Waals surface area contributed by atoms with Gasteiger partial charge in [0.25, 0.3) is 0 Å². The summed E-state index contributed by atoms with van der Waals surface area (Å²) in [5.74, 6) is 1.27. The lowest BCUT2D eigenvalue weighted by Crippen LogP contribution is -2.37. The number of nitrogens with zero attached hydrogens (tertiary/aromatic N) is 8. The molecule has 0 atom stereocenters. The van der Waals surface area contributed by atoms with Gasteiger partial charge in [0.15, 0.2) is 5.65 Å². The van der Waals surface area contributed by atoms with Crippen molar-refractivity contribution in [2.45, 2.75) is 26.9 Å². The van der Waals surface area contributed by atoms with Crippen LogP contribution in [-0.2, 0) is 10.9 Å². The van der Waals surface area contributed by atoms with Crippen molar-refractivity contribution in [1.82, 2.24) is 34.9 Å². The van der Waals surface area contributed by atoms with E-state index >= 15 is 0 Å². The molecule has 35 heavy (non-hydrogen) atoms. The van der Waals surface area contributed by atoms with Gasteiger partial charge in [0.1, 0.15) is 22.7 Å². The summed E-state index contributed by atoms with van der Waals surface area (Å²) in [6.45, 7) is 7.85. The molecule has 182 valence electrons. The molecule has 0 spiro atoms. The van der Waals surface area contributed by atoms with Gasteiger partial charge in [-0.2, -0.15) is 18.2 Å². The maximum atomic E-state index is 12.9. The van der Waals surface area contributed by atoms with E-state index in [0.29, 0.717) is 60.4 Å². The monoisotopic (exact) mass is 484 g/mol. The Labute approximate surface area is 199 Å². The summed E-state index contributed by atoms with van der Waals surface area (Å²) in [5.41, 5.74) is 2.14. The smallest absolute Gasteiger partial charge is 0.378 e. The molecule has 0 bridgehead atoms. The van der Waals surface area contributed by atoms with Gasteiger partial charge in [-0.25, -0.2) is 24.9 Å². The Kier molecular flexibility index (Phi) is 7.10. The van der Waals surface area contributed by atoms with Crippen LogP contribution in [0.25, 0.3) is 22.4 Å². The molecule has 0 radical (unpaired) electrons. The van der Waals surface area contributed by atoms with Crippen molar-refractivity contribution >= 4 is 17.1 Å². The summed E-state index contributed by atoms with van der Waals surface area (Å²) in [5, 5.41) is 0. The van der Waals surface area contributed by atoms with Crippen LogP contribution in [0.5, 0.6) is 0 Å². The second-order valence-corrected chi connectivity index (χ2v) is 7.76. The SMILES string of the molecule is Cc1nc2nc(N3CCOCC3)nc(-c3ccc(C(F)(F)F)nc3)c2nc1C.Cc1ncccn1. The fourth-order valence-electron chi connectivity index (χ4n) is 3.28. The van der Waals surface area contributed by atoms with Gasteiger partial charge in [0, 0.05) is 37.2 Å². The van der Waals surface area contributed by atoms with E-state index in [0.717, 1.165) is 23.8 Å². The number of pyridine rings is 1. The molecule has 0 aromatic carbocycles. The predicted molar refractivity (Wildman–Crippen MR) is 123 cm³/mol. The summed E-state index contributed by atoms with van der Waals surface area (Å²) < 4.78 is 43.9. The van der Waals surface area contributed by atoms with Gasteiger partial charge in [-0.05, 0) is 39.0 Å². The van der Waals surface area contributed by atoms with Crippen molar-refractivity contribution in [1.29, 1.82) is 0 Å². The van der Waals surface area contributed by atoms with Crippen LogP contribution in [0.3, 0.4) is 0 Å². The first kappa shape index (κ1) is 24.3. The van der Waals surface area contributed by atoms with Crippen LogP contribution < -0.4 is 4.90 Å². The van der Waals surface area contributed by atoms with Crippen molar-refractivity contribution in [2.75, 3.05) is 31.2 Å². The van der Waals surface area contributed by atoms with Gasteiger partial charge in [-0.1, -0.05) is 0 Å². The first-order valence-electron chi connectivity index (χ1n) is 10.9. The fraction of sp³-hybridized carbons (Fsp3) is 0.348. The van der Waals surface area contributed by atoms with Crippen molar-refractivity contribution in [3.05, 3.63) is 59.7 Å². The van der Waals surface area contributed by atoms with E-state index in [1.165, 1.54) is 6.07 Å². The molecule has 9 nitrogen and oxygen atoms in total. The molecular weight excluding hydrogens is 461 g/mol. The zero-order valence-electron chi connectivity index (χ0n) is 19.4. The van der Waals surface area contributed by atoms with E-state index in [9.17, 15) is 13.2 Å². The van der Waals surface area contributed by atoms with Gasteiger partial charge in [0.2, 0.25) is 5.95 Å².